The van der Waals surface area contributed by atoms with Crippen LogP contribution in [0.3, 0.4) is 0 Å². The number of benzene rings is 1. The monoisotopic (exact) mass is 343 g/mol. The molecule has 0 aliphatic carbocycles. The Kier molecular flexibility index (Phi) is 3.69. The first-order valence-corrected chi connectivity index (χ1v) is 8.51. The molecule has 1 aromatic heterocycles. The largest absolute Gasteiger partial charge is 0.504 e. The maximum absolute atomic E-state index is 12.4. The summed E-state index contributed by atoms with van der Waals surface area (Å²) in [5.41, 5.74) is 0.890. The predicted octanol–water partition coefficient (Wildman–Crippen LogP) is 3.84. The summed E-state index contributed by atoms with van der Waals surface area (Å²) in [7, 11) is -3.94. The molecule has 1 aromatic carbocycles. The molecule has 3 rings (SSSR count). The molecule has 2 heterocycles. The predicted molar refractivity (Wildman–Crippen MR) is 86.6 cm³/mol. The minimum atomic E-state index is -3.94. The van der Waals surface area contributed by atoms with Gasteiger partial charge in [-0.2, -0.15) is 5.10 Å². The van der Waals surface area contributed by atoms with E-state index in [4.69, 9.17) is 6.57 Å². The molecule has 122 valence electrons. The molecule has 0 bridgehead atoms. The van der Waals surface area contributed by atoms with E-state index in [-0.39, 0.29) is 27.9 Å². The van der Waals surface area contributed by atoms with Crippen LogP contribution < -0.4 is 0 Å². The Morgan fingerprint density at radius 2 is 2.00 bits per heavy atom. The summed E-state index contributed by atoms with van der Waals surface area (Å²) in [6, 6.07) is 6.06. The normalized spacial score (nSPS) is 15.9. The van der Waals surface area contributed by atoms with Gasteiger partial charge >= 0.3 is 0 Å². The van der Waals surface area contributed by atoms with Gasteiger partial charge < -0.3 is 5.11 Å². The summed E-state index contributed by atoms with van der Waals surface area (Å²) in [5, 5.41) is 23.6. The maximum atomic E-state index is 12.4. The fraction of sp³-hybridized carbons (Fsp3) is 0.200. The lowest BCUT2D eigenvalue weighted by Gasteiger charge is -1.98. The zero-order valence-electron chi connectivity index (χ0n) is 12.8. The Morgan fingerprint density at radius 3 is 2.62 bits per heavy atom. The summed E-state index contributed by atoms with van der Waals surface area (Å²) in [6.07, 6.45) is 0. The second-order valence-corrected chi connectivity index (χ2v) is 7.26. The van der Waals surface area contributed by atoms with E-state index in [1.54, 1.807) is 12.1 Å². The molecule has 8 nitrogen and oxygen atoms in total. The van der Waals surface area contributed by atoms with Crippen LogP contribution >= 0.6 is 0 Å². The molecule has 2 N–H and O–H groups in total. The number of azo groups is 1. The summed E-state index contributed by atoms with van der Waals surface area (Å²) >= 11 is 0. The highest BCUT2D eigenvalue weighted by Crippen LogP contribution is 2.40. The Hall–Kier alpha value is -2.99. The number of hydrogen-bond acceptors (Lipinski definition) is 6. The van der Waals surface area contributed by atoms with Crippen LogP contribution in [0, 0.1) is 6.57 Å². The minimum Gasteiger partial charge on any atom is -0.504 e. The lowest BCUT2D eigenvalue weighted by molar-refractivity contribution is 0.508. The van der Waals surface area contributed by atoms with E-state index in [0.29, 0.717) is 5.69 Å². The molecule has 0 unspecified atom stereocenters. The van der Waals surface area contributed by atoms with Gasteiger partial charge in [0.1, 0.15) is 0 Å². The van der Waals surface area contributed by atoms with E-state index in [1.165, 1.54) is 12.1 Å². The van der Waals surface area contributed by atoms with Crippen molar-refractivity contribution in [2.75, 3.05) is 0 Å². The van der Waals surface area contributed by atoms with Gasteiger partial charge in [-0.05, 0) is 18.1 Å². The van der Waals surface area contributed by atoms with E-state index < -0.39 is 20.6 Å². The second kappa shape index (κ2) is 5.58. The van der Waals surface area contributed by atoms with Crippen molar-refractivity contribution in [3.63, 3.8) is 0 Å². The maximum Gasteiger partial charge on any atom is 0.254 e. The van der Waals surface area contributed by atoms with Gasteiger partial charge in [0.25, 0.3) is 5.69 Å². The van der Waals surface area contributed by atoms with Crippen LogP contribution in [0.1, 0.15) is 31.0 Å². The van der Waals surface area contributed by atoms with Crippen LogP contribution in [0.5, 0.6) is 0 Å². The smallest absolute Gasteiger partial charge is 0.254 e. The van der Waals surface area contributed by atoms with Crippen molar-refractivity contribution in [3.8, 4) is 0 Å². The molecule has 0 atom stereocenters. The molecular weight excluding hydrogens is 330 g/mol. The Balaban J connectivity index is 2.06. The van der Waals surface area contributed by atoms with Crippen molar-refractivity contribution in [1.29, 1.82) is 0 Å². The second-order valence-electron chi connectivity index (χ2n) is 5.43. The molecular formula is C15H13N5O3S. The third-order valence-electron chi connectivity index (χ3n) is 3.54. The van der Waals surface area contributed by atoms with Gasteiger partial charge in [-0.25, -0.2) is 13.3 Å². The number of nitrogens with one attached hydrogen (secondary N) is 1. The topological polar surface area (TPSA) is 112 Å². The number of sulfone groups is 1. The molecule has 2 aromatic rings. The van der Waals surface area contributed by atoms with Gasteiger partial charge in [-0.15, -0.1) is 10.2 Å². The van der Waals surface area contributed by atoms with Crippen molar-refractivity contribution in [2.45, 2.75) is 24.7 Å². The average Bonchev–Trinajstić information content (AvgIpc) is 3.04. The average molecular weight is 343 g/mol. The minimum absolute atomic E-state index is 0.00128. The van der Waals surface area contributed by atoms with E-state index in [9.17, 15) is 13.5 Å². The quantitative estimate of drug-likeness (QED) is 0.651. The molecule has 0 spiro atoms. The Bertz CT molecular complexity index is 1030. The summed E-state index contributed by atoms with van der Waals surface area (Å²) < 4.78 is 24.9. The van der Waals surface area contributed by atoms with Crippen molar-refractivity contribution in [2.24, 2.45) is 10.2 Å². The van der Waals surface area contributed by atoms with Gasteiger partial charge in [-0.3, -0.25) is 5.10 Å². The van der Waals surface area contributed by atoms with Gasteiger partial charge in [-0.1, -0.05) is 26.0 Å². The van der Waals surface area contributed by atoms with E-state index >= 15 is 0 Å². The fourth-order valence-electron chi connectivity index (χ4n) is 2.36. The highest BCUT2D eigenvalue weighted by molar-refractivity contribution is 7.95. The van der Waals surface area contributed by atoms with Gasteiger partial charge in [0.05, 0.1) is 17.2 Å². The number of fused-ring (bicyclic) bond motifs is 1. The van der Waals surface area contributed by atoms with E-state index in [1.807, 2.05) is 13.8 Å². The fourth-order valence-corrected chi connectivity index (χ4v) is 3.80. The zero-order chi connectivity index (χ0) is 17.5. The number of aromatic amines is 1. The van der Waals surface area contributed by atoms with Gasteiger partial charge in [0, 0.05) is 5.56 Å². The number of nitrogens with zero attached hydrogens (tertiary/aromatic N) is 4. The van der Waals surface area contributed by atoms with Crippen molar-refractivity contribution in [1.82, 2.24) is 10.2 Å². The third-order valence-corrected chi connectivity index (χ3v) is 5.26. The lowest BCUT2D eigenvalue weighted by atomic mass is 10.1. The third kappa shape index (κ3) is 2.28. The molecule has 0 amide bonds. The molecule has 0 saturated carbocycles. The standard InChI is InChI=1S/C15H13N5O3S/c1-8(2)11-12(16-3)14(18-17-11)19-20-15-13(21)9-6-4-5-7-10(9)24(15,22)23/h4-8,21H,1-2H3,(H,17,18)/b20-19+. The molecule has 0 radical (unpaired) electrons. The molecule has 1 aliphatic rings. The number of aliphatic hydroxyl groups is 1. The van der Waals surface area contributed by atoms with Crippen LogP contribution in [0.15, 0.2) is 44.4 Å². The first kappa shape index (κ1) is 15.9. The van der Waals surface area contributed by atoms with E-state index in [0.717, 1.165) is 0 Å². The van der Waals surface area contributed by atoms with Crippen molar-refractivity contribution >= 4 is 27.1 Å². The molecule has 0 fully saturated rings. The summed E-state index contributed by atoms with van der Waals surface area (Å²) in [5.74, 6) is -0.399. The first-order chi connectivity index (χ1) is 11.4. The zero-order valence-corrected chi connectivity index (χ0v) is 13.7. The molecule has 0 saturated heterocycles. The van der Waals surface area contributed by atoms with E-state index in [2.05, 4.69) is 25.3 Å². The highest BCUT2D eigenvalue weighted by atomic mass is 32.2. The first-order valence-electron chi connectivity index (χ1n) is 7.03. The number of hydrogen-bond donors (Lipinski definition) is 2. The number of rotatable bonds is 3. The molecule has 1 aliphatic heterocycles. The Morgan fingerprint density at radius 1 is 1.29 bits per heavy atom. The van der Waals surface area contributed by atoms with Crippen LogP contribution in [-0.4, -0.2) is 23.7 Å². The molecule has 24 heavy (non-hydrogen) atoms. The SMILES string of the molecule is [C-]#[N+]c1c(C(C)C)n[nH]c1/N=N/C1=C(O)c2ccccc2S1(=O)=O. The highest BCUT2D eigenvalue weighted by Gasteiger charge is 2.36. The van der Waals surface area contributed by atoms with Gasteiger partial charge in [0.2, 0.25) is 14.9 Å². The van der Waals surface area contributed by atoms with Crippen LogP contribution in [-0.2, 0) is 9.84 Å². The Labute approximate surface area is 138 Å². The van der Waals surface area contributed by atoms with Crippen molar-refractivity contribution in [3.05, 3.63) is 52.0 Å². The summed E-state index contributed by atoms with van der Waals surface area (Å²) in [4.78, 5) is 3.35. The summed E-state index contributed by atoms with van der Waals surface area (Å²) in [6.45, 7) is 11.0. The van der Waals surface area contributed by atoms with Gasteiger partial charge in [0.15, 0.2) is 11.6 Å². The van der Waals surface area contributed by atoms with Crippen LogP contribution in [0.2, 0.25) is 0 Å². The van der Waals surface area contributed by atoms with Crippen molar-refractivity contribution < 1.29 is 13.5 Å². The van der Waals surface area contributed by atoms with Crippen LogP contribution in [0.25, 0.3) is 10.6 Å². The molecule has 9 heteroatoms. The van der Waals surface area contributed by atoms with Crippen LogP contribution in [0.4, 0.5) is 11.5 Å². The lowest BCUT2D eigenvalue weighted by Crippen LogP contribution is -1.98. The number of H-pyrrole nitrogens is 1. The number of aromatic nitrogens is 2. The number of aliphatic hydroxyl groups excluding tert-OH is 1.